The Hall–Kier alpha value is -2.81. The molecule has 2 saturated heterocycles. The molecule has 2 aliphatic heterocycles. The Balaban J connectivity index is 1.53. The molecule has 1 spiro atoms. The van der Waals surface area contributed by atoms with Crippen molar-refractivity contribution in [1.82, 2.24) is 24.6 Å². The number of hydrogen-bond donors (Lipinski definition) is 0. The lowest BCUT2D eigenvalue weighted by Crippen LogP contribution is -2.66. The van der Waals surface area contributed by atoms with Gasteiger partial charge in [-0.1, -0.05) is 13.8 Å². The highest BCUT2D eigenvalue weighted by Crippen LogP contribution is 2.35. The molecule has 0 aliphatic carbocycles. The third-order valence-corrected chi connectivity index (χ3v) is 6.14. The zero-order chi connectivity index (χ0) is 22.2. The zero-order valence-corrected chi connectivity index (χ0v) is 18.3. The Morgan fingerprint density at radius 2 is 2.06 bits per heavy atom. The smallest absolute Gasteiger partial charge is 0.241 e. The number of pyridine rings is 1. The average molecular weight is 429 g/mol. The summed E-state index contributed by atoms with van der Waals surface area (Å²) in [5.41, 5.74) is 1.05. The standard InChI is InChI=1S/C22H29FN6O2/c1-16(2)11-28-13-21(31)29(19-10-25-26(3)12-19)15-22(28)6-7-27(14-22)20(30)8-18-5-4-17(23)9-24-18/h4-5,9-10,12,16H,6-8,11,13-15H2,1-3H3. The molecule has 1 unspecified atom stereocenters. The Bertz CT molecular complexity index is 959. The first-order valence-electron chi connectivity index (χ1n) is 10.7. The summed E-state index contributed by atoms with van der Waals surface area (Å²) in [7, 11) is 1.83. The van der Waals surface area contributed by atoms with Crippen molar-refractivity contribution in [2.24, 2.45) is 13.0 Å². The minimum atomic E-state index is -0.414. The lowest BCUT2D eigenvalue weighted by Gasteiger charge is -2.48. The number of anilines is 1. The summed E-state index contributed by atoms with van der Waals surface area (Å²) in [4.78, 5) is 35.8. The average Bonchev–Trinajstić information content (AvgIpc) is 3.33. The minimum absolute atomic E-state index is 0.0229. The highest BCUT2D eigenvalue weighted by Gasteiger charge is 2.50. The Morgan fingerprint density at radius 3 is 2.71 bits per heavy atom. The molecule has 0 saturated carbocycles. The van der Waals surface area contributed by atoms with Gasteiger partial charge in [-0.25, -0.2) is 4.39 Å². The molecular formula is C22H29FN6O2. The first-order chi connectivity index (χ1) is 14.8. The Morgan fingerprint density at radius 1 is 1.26 bits per heavy atom. The van der Waals surface area contributed by atoms with E-state index in [0.717, 1.165) is 24.8 Å². The van der Waals surface area contributed by atoms with Crippen LogP contribution in [-0.4, -0.2) is 74.6 Å². The summed E-state index contributed by atoms with van der Waals surface area (Å²) in [6, 6.07) is 2.87. The lowest BCUT2D eigenvalue weighted by atomic mass is 9.91. The molecule has 8 nitrogen and oxygen atoms in total. The summed E-state index contributed by atoms with van der Waals surface area (Å²) in [6.45, 7) is 7.13. The number of halogens is 1. The quantitative estimate of drug-likeness (QED) is 0.721. The number of piperazine rings is 1. The van der Waals surface area contributed by atoms with E-state index in [1.165, 1.54) is 6.07 Å². The van der Waals surface area contributed by atoms with E-state index >= 15 is 0 Å². The van der Waals surface area contributed by atoms with E-state index < -0.39 is 5.82 Å². The van der Waals surface area contributed by atoms with Gasteiger partial charge in [0.25, 0.3) is 0 Å². The number of rotatable bonds is 5. The van der Waals surface area contributed by atoms with Crippen molar-refractivity contribution in [2.45, 2.75) is 32.2 Å². The second-order valence-corrected chi connectivity index (χ2v) is 9.06. The maximum absolute atomic E-state index is 13.1. The third kappa shape index (κ3) is 4.46. The zero-order valence-electron chi connectivity index (χ0n) is 18.3. The highest BCUT2D eigenvalue weighted by atomic mass is 19.1. The topological polar surface area (TPSA) is 74.6 Å². The second kappa shape index (κ2) is 8.37. The fourth-order valence-corrected chi connectivity index (χ4v) is 4.62. The largest absolute Gasteiger partial charge is 0.340 e. The highest BCUT2D eigenvalue weighted by molar-refractivity contribution is 5.95. The molecule has 166 valence electrons. The van der Waals surface area contributed by atoms with Gasteiger partial charge in [0.1, 0.15) is 5.82 Å². The van der Waals surface area contributed by atoms with Crippen molar-refractivity contribution in [3.8, 4) is 0 Å². The van der Waals surface area contributed by atoms with Crippen LogP contribution in [0.25, 0.3) is 0 Å². The van der Waals surface area contributed by atoms with Gasteiger partial charge in [0.2, 0.25) is 11.8 Å². The Labute approximate surface area is 181 Å². The molecule has 4 rings (SSSR count). The van der Waals surface area contributed by atoms with Gasteiger partial charge in [0.15, 0.2) is 0 Å². The van der Waals surface area contributed by atoms with Crippen molar-refractivity contribution in [2.75, 3.05) is 37.6 Å². The van der Waals surface area contributed by atoms with Crippen molar-refractivity contribution < 1.29 is 14.0 Å². The van der Waals surface area contributed by atoms with Crippen LogP contribution in [0.5, 0.6) is 0 Å². The number of carbonyl (C=O) groups is 2. The molecule has 9 heteroatoms. The van der Waals surface area contributed by atoms with Crippen LogP contribution >= 0.6 is 0 Å². The van der Waals surface area contributed by atoms with Gasteiger partial charge in [-0.2, -0.15) is 5.10 Å². The normalized spacial score (nSPS) is 22.2. The monoisotopic (exact) mass is 428 g/mol. The van der Waals surface area contributed by atoms with Gasteiger partial charge < -0.3 is 9.80 Å². The number of aromatic nitrogens is 3. The summed E-state index contributed by atoms with van der Waals surface area (Å²) in [5.74, 6) is 0.0238. The van der Waals surface area contributed by atoms with Crippen LogP contribution in [0.3, 0.4) is 0 Å². The van der Waals surface area contributed by atoms with Crippen LogP contribution < -0.4 is 4.90 Å². The number of carbonyl (C=O) groups excluding carboxylic acids is 2. The first kappa shape index (κ1) is 21.4. The van der Waals surface area contributed by atoms with Gasteiger partial charge in [-0.3, -0.25) is 24.2 Å². The number of hydrogen-bond acceptors (Lipinski definition) is 5. The van der Waals surface area contributed by atoms with Gasteiger partial charge in [0, 0.05) is 45.1 Å². The second-order valence-electron chi connectivity index (χ2n) is 9.06. The van der Waals surface area contributed by atoms with Gasteiger partial charge in [0.05, 0.1) is 36.6 Å². The predicted molar refractivity (Wildman–Crippen MR) is 114 cm³/mol. The molecule has 4 heterocycles. The fraction of sp³-hybridized carbons (Fsp3) is 0.545. The number of amides is 2. The number of nitrogens with zero attached hydrogens (tertiary/aromatic N) is 6. The minimum Gasteiger partial charge on any atom is -0.340 e. The first-order valence-corrected chi connectivity index (χ1v) is 10.7. The van der Waals surface area contributed by atoms with E-state index in [4.69, 9.17) is 0 Å². The van der Waals surface area contributed by atoms with Crippen LogP contribution in [0.4, 0.5) is 10.1 Å². The van der Waals surface area contributed by atoms with Crippen LogP contribution in [0.15, 0.2) is 30.7 Å². The molecule has 0 bridgehead atoms. The van der Waals surface area contributed by atoms with Crippen molar-refractivity contribution in [3.63, 3.8) is 0 Å². The van der Waals surface area contributed by atoms with E-state index in [0.29, 0.717) is 37.8 Å². The SMILES string of the molecule is CC(C)CN1CC(=O)N(c2cnn(C)c2)CC12CCN(C(=O)Cc1ccc(F)cn1)C2. The van der Waals surface area contributed by atoms with E-state index in [1.807, 2.05) is 18.1 Å². The van der Waals surface area contributed by atoms with Gasteiger partial charge >= 0.3 is 0 Å². The molecule has 1 atom stereocenters. The van der Waals surface area contributed by atoms with E-state index in [1.54, 1.807) is 21.8 Å². The van der Waals surface area contributed by atoms with Crippen molar-refractivity contribution in [1.29, 1.82) is 0 Å². The summed E-state index contributed by atoms with van der Waals surface area (Å²) >= 11 is 0. The molecule has 0 aromatic carbocycles. The summed E-state index contributed by atoms with van der Waals surface area (Å²) < 4.78 is 14.8. The van der Waals surface area contributed by atoms with Crippen molar-refractivity contribution in [3.05, 3.63) is 42.2 Å². The number of likely N-dealkylation sites (tertiary alicyclic amines) is 1. The van der Waals surface area contributed by atoms with Crippen LogP contribution in [0.2, 0.25) is 0 Å². The number of aryl methyl sites for hydroxylation is 1. The van der Waals surface area contributed by atoms with Gasteiger partial charge in [-0.05, 0) is 24.5 Å². The summed E-state index contributed by atoms with van der Waals surface area (Å²) in [6.07, 6.45) is 5.64. The molecule has 0 radical (unpaired) electrons. The predicted octanol–water partition coefficient (Wildman–Crippen LogP) is 1.47. The maximum Gasteiger partial charge on any atom is 0.241 e. The van der Waals surface area contributed by atoms with E-state index in [9.17, 15) is 14.0 Å². The molecule has 2 aromatic rings. The van der Waals surface area contributed by atoms with Crippen LogP contribution in [0, 0.1) is 11.7 Å². The van der Waals surface area contributed by atoms with Crippen LogP contribution in [-0.2, 0) is 23.1 Å². The molecule has 2 aliphatic rings. The lowest BCUT2D eigenvalue weighted by molar-refractivity contribution is -0.130. The summed E-state index contributed by atoms with van der Waals surface area (Å²) in [5, 5.41) is 4.22. The van der Waals surface area contributed by atoms with Crippen molar-refractivity contribution >= 4 is 17.5 Å². The van der Waals surface area contributed by atoms with Crippen LogP contribution in [0.1, 0.15) is 26.0 Å². The molecule has 2 aromatic heterocycles. The van der Waals surface area contributed by atoms with E-state index in [-0.39, 0.29) is 23.8 Å². The Kier molecular flexibility index (Phi) is 5.79. The van der Waals surface area contributed by atoms with E-state index in [2.05, 4.69) is 28.8 Å². The molecule has 0 N–H and O–H groups in total. The maximum atomic E-state index is 13.1. The molecular weight excluding hydrogens is 399 g/mol. The molecule has 2 amide bonds. The third-order valence-electron chi connectivity index (χ3n) is 6.14. The molecule has 2 fully saturated rings. The fourth-order valence-electron chi connectivity index (χ4n) is 4.62. The molecule has 31 heavy (non-hydrogen) atoms. The van der Waals surface area contributed by atoms with Gasteiger partial charge in [-0.15, -0.1) is 0 Å².